The Morgan fingerprint density at radius 2 is 1.91 bits per heavy atom. The highest BCUT2D eigenvalue weighted by molar-refractivity contribution is 5.98. The summed E-state index contributed by atoms with van der Waals surface area (Å²) in [4.78, 5) is 18.0. The number of ether oxygens (including phenoxy) is 1. The van der Waals surface area contributed by atoms with Gasteiger partial charge in [0.1, 0.15) is 6.10 Å². The van der Waals surface area contributed by atoms with Crippen LogP contribution in [0.4, 0.5) is 0 Å². The van der Waals surface area contributed by atoms with Gasteiger partial charge in [-0.05, 0) is 74.2 Å². The fourth-order valence-electron chi connectivity index (χ4n) is 8.32. The summed E-state index contributed by atoms with van der Waals surface area (Å²) in [6.07, 6.45) is 5.20. The van der Waals surface area contributed by atoms with Gasteiger partial charge in [-0.2, -0.15) is 0 Å². The number of hydrogen-bond donors (Lipinski definition) is 2. The van der Waals surface area contributed by atoms with E-state index >= 15 is 0 Å². The number of aromatic hydroxyl groups is 1. The largest absolute Gasteiger partial charge is 0.504 e. The predicted octanol–water partition coefficient (Wildman–Crippen LogP) is 2.98. The summed E-state index contributed by atoms with van der Waals surface area (Å²) in [6, 6.07) is 11.6. The van der Waals surface area contributed by atoms with Gasteiger partial charge in [0.05, 0.1) is 17.1 Å². The zero-order valence-electron chi connectivity index (χ0n) is 19.2. The number of hydrogen-bond acceptors (Lipinski definition) is 5. The summed E-state index contributed by atoms with van der Waals surface area (Å²) >= 11 is 0. The maximum atomic E-state index is 13.5. The van der Waals surface area contributed by atoms with E-state index in [9.17, 15) is 15.0 Å². The second-order valence-corrected chi connectivity index (χ2v) is 11.5. The molecule has 1 amide bonds. The quantitative estimate of drug-likeness (QED) is 0.740. The standard InChI is InChI=1S/C28H30N2O4/c31-21-8-7-17-13-22-28(33)10-9-20(30-15-18-3-1-2-4-19(18)26(30)32)25-27(28,23(17)24(21)34-25)11-12-29(22)14-16-5-6-16/h1-4,7-8,16,20,22,25,31,33H,5-6,9-15H2/t20-,22-,25+,27+,28-/m1/s1. The van der Waals surface area contributed by atoms with Crippen molar-refractivity contribution in [3.8, 4) is 11.5 Å². The summed E-state index contributed by atoms with van der Waals surface area (Å²) in [5.41, 5.74) is 2.56. The number of piperidine rings is 1. The van der Waals surface area contributed by atoms with E-state index < -0.39 is 11.0 Å². The maximum Gasteiger partial charge on any atom is 0.254 e. The zero-order valence-corrected chi connectivity index (χ0v) is 19.2. The van der Waals surface area contributed by atoms with Crippen LogP contribution in [0.1, 0.15) is 59.2 Å². The predicted molar refractivity (Wildman–Crippen MR) is 125 cm³/mol. The average Bonchev–Trinajstić information content (AvgIpc) is 3.49. The Balaban J connectivity index is 1.26. The van der Waals surface area contributed by atoms with Gasteiger partial charge in [-0.3, -0.25) is 9.69 Å². The number of fused-ring (bicyclic) bond motifs is 1. The molecule has 3 heterocycles. The van der Waals surface area contributed by atoms with E-state index in [4.69, 9.17) is 4.74 Å². The molecule has 5 atom stereocenters. The van der Waals surface area contributed by atoms with Crippen molar-refractivity contribution in [1.29, 1.82) is 0 Å². The van der Waals surface area contributed by atoms with Crippen LogP contribution < -0.4 is 4.74 Å². The highest BCUT2D eigenvalue weighted by atomic mass is 16.5. The first kappa shape index (κ1) is 19.7. The van der Waals surface area contributed by atoms with Crippen LogP contribution in [0.3, 0.4) is 0 Å². The maximum absolute atomic E-state index is 13.5. The number of likely N-dealkylation sites (tertiary alicyclic amines) is 1. The number of benzene rings is 2. The molecule has 0 aromatic heterocycles. The Morgan fingerprint density at radius 3 is 2.74 bits per heavy atom. The van der Waals surface area contributed by atoms with Gasteiger partial charge < -0.3 is 19.8 Å². The molecule has 1 saturated heterocycles. The molecule has 6 heteroatoms. The SMILES string of the molecule is O=C1c2ccccc2CN1[C@@H]1CC[C@@]2(O)[C@H]3Cc4ccc(O)c5c4[C@@]2(CCN3CC2CC2)[C@H]1O5. The van der Waals surface area contributed by atoms with Crippen LogP contribution in [0.5, 0.6) is 11.5 Å². The van der Waals surface area contributed by atoms with Crippen LogP contribution in [0.25, 0.3) is 0 Å². The number of amides is 1. The third-order valence-electron chi connectivity index (χ3n) is 9.98. The van der Waals surface area contributed by atoms with Crippen LogP contribution in [0, 0.1) is 5.92 Å². The van der Waals surface area contributed by atoms with Gasteiger partial charge in [0, 0.05) is 30.3 Å². The third kappa shape index (κ3) is 2.22. The lowest BCUT2D eigenvalue weighted by atomic mass is 9.48. The smallest absolute Gasteiger partial charge is 0.254 e. The van der Waals surface area contributed by atoms with Gasteiger partial charge in [-0.25, -0.2) is 0 Å². The van der Waals surface area contributed by atoms with E-state index in [1.807, 2.05) is 35.2 Å². The summed E-state index contributed by atoms with van der Waals surface area (Å²) in [5.74, 6) is 1.52. The Hall–Kier alpha value is -2.57. The topological polar surface area (TPSA) is 73.2 Å². The molecule has 3 aliphatic heterocycles. The van der Waals surface area contributed by atoms with Gasteiger partial charge >= 0.3 is 0 Å². The Labute approximate surface area is 199 Å². The van der Waals surface area contributed by atoms with Crippen molar-refractivity contribution in [2.45, 2.75) is 74.3 Å². The summed E-state index contributed by atoms with van der Waals surface area (Å²) in [6.45, 7) is 2.58. The van der Waals surface area contributed by atoms with Crippen molar-refractivity contribution in [3.63, 3.8) is 0 Å². The lowest BCUT2D eigenvalue weighted by Gasteiger charge is -2.64. The first-order chi connectivity index (χ1) is 16.5. The molecule has 2 bridgehead atoms. The normalized spacial score (nSPS) is 37.4. The van der Waals surface area contributed by atoms with E-state index in [2.05, 4.69) is 4.90 Å². The summed E-state index contributed by atoms with van der Waals surface area (Å²) in [7, 11) is 0. The molecule has 6 aliphatic rings. The Bertz CT molecular complexity index is 1240. The van der Waals surface area contributed by atoms with Crippen molar-refractivity contribution in [3.05, 3.63) is 58.7 Å². The molecule has 0 radical (unpaired) electrons. The summed E-state index contributed by atoms with van der Waals surface area (Å²) < 4.78 is 6.65. The van der Waals surface area contributed by atoms with Crippen molar-refractivity contribution < 1.29 is 19.7 Å². The van der Waals surface area contributed by atoms with Crippen molar-refractivity contribution in [1.82, 2.24) is 9.80 Å². The average molecular weight is 459 g/mol. The first-order valence-corrected chi connectivity index (χ1v) is 12.9. The number of aliphatic hydroxyl groups is 1. The number of carbonyl (C=O) groups excluding carboxylic acids is 1. The fraction of sp³-hybridized carbons (Fsp3) is 0.536. The minimum Gasteiger partial charge on any atom is -0.504 e. The number of phenols is 1. The van der Waals surface area contributed by atoms with Gasteiger partial charge in [0.25, 0.3) is 5.91 Å². The number of nitrogens with zero attached hydrogens (tertiary/aromatic N) is 2. The zero-order chi connectivity index (χ0) is 22.8. The van der Waals surface area contributed by atoms with E-state index in [0.29, 0.717) is 25.1 Å². The van der Waals surface area contributed by atoms with E-state index in [1.54, 1.807) is 6.07 Å². The minimum absolute atomic E-state index is 0.0587. The summed E-state index contributed by atoms with van der Waals surface area (Å²) in [5, 5.41) is 23.4. The number of carbonyl (C=O) groups is 1. The Kier molecular flexibility index (Phi) is 3.68. The molecule has 34 heavy (non-hydrogen) atoms. The first-order valence-electron chi connectivity index (χ1n) is 12.9. The lowest BCUT2D eigenvalue weighted by molar-refractivity contribution is -0.198. The van der Waals surface area contributed by atoms with Crippen molar-refractivity contribution in [2.24, 2.45) is 5.92 Å². The fourth-order valence-corrected chi connectivity index (χ4v) is 8.32. The molecule has 1 spiro atoms. The van der Waals surface area contributed by atoms with E-state index in [-0.39, 0.29) is 29.8 Å². The molecule has 2 aromatic rings. The van der Waals surface area contributed by atoms with Crippen molar-refractivity contribution >= 4 is 5.91 Å². The minimum atomic E-state index is -0.914. The lowest BCUT2D eigenvalue weighted by Crippen LogP contribution is -2.78. The highest BCUT2D eigenvalue weighted by Crippen LogP contribution is 2.66. The molecule has 176 valence electrons. The van der Waals surface area contributed by atoms with Gasteiger partial charge in [-0.1, -0.05) is 24.3 Å². The van der Waals surface area contributed by atoms with E-state index in [1.165, 1.54) is 18.4 Å². The van der Waals surface area contributed by atoms with Gasteiger partial charge in [-0.15, -0.1) is 0 Å². The molecule has 0 unspecified atom stereocenters. The number of phenolic OH excluding ortho intramolecular Hbond substituents is 1. The second-order valence-electron chi connectivity index (χ2n) is 11.5. The van der Waals surface area contributed by atoms with E-state index in [0.717, 1.165) is 48.5 Å². The van der Waals surface area contributed by atoms with Gasteiger partial charge in [0.2, 0.25) is 0 Å². The van der Waals surface area contributed by atoms with Crippen molar-refractivity contribution in [2.75, 3.05) is 13.1 Å². The van der Waals surface area contributed by atoms with Crippen LogP contribution in [0.15, 0.2) is 36.4 Å². The molecular formula is C28H30N2O4. The molecule has 8 rings (SSSR count). The molecule has 6 nitrogen and oxygen atoms in total. The van der Waals surface area contributed by atoms with Crippen LogP contribution >= 0.6 is 0 Å². The van der Waals surface area contributed by atoms with Crippen LogP contribution in [-0.2, 0) is 18.4 Å². The van der Waals surface area contributed by atoms with Gasteiger partial charge in [0.15, 0.2) is 11.5 Å². The molecule has 2 saturated carbocycles. The molecule has 3 fully saturated rings. The monoisotopic (exact) mass is 458 g/mol. The molecule has 3 aliphatic carbocycles. The second kappa shape index (κ2) is 6.35. The van der Waals surface area contributed by atoms with Crippen LogP contribution in [0.2, 0.25) is 0 Å². The third-order valence-corrected chi connectivity index (χ3v) is 9.98. The Morgan fingerprint density at radius 1 is 1.06 bits per heavy atom. The molecular weight excluding hydrogens is 428 g/mol. The highest BCUT2D eigenvalue weighted by Gasteiger charge is 2.73. The number of rotatable bonds is 3. The molecule has 2 N–H and O–H groups in total. The van der Waals surface area contributed by atoms with Crippen LogP contribution in [-0.4, -0.2) is 62.8 Å². The molecule has 2 aromatic carbocycles.